The third kappa shape index (κ3) is 1.70. The topological polar surface area (TPSA) is 46.0 Å². The largest absolute Gasteiger partial charge is 0.466 e. The van der Waals surface area contributed by atoms with Crippen molar-refractivity contribution < 1.29 is 9.21 Å². The molecule has 0 saturated carbocycles. The van der Waals surface area contributed by atoms with Crippen molar-refractivity contribution >= 4 is 16.7 Å². The molecule has 2 aromatic heterocycles. The predicted molar refractivity (Wildman–Crippen MR) is 79.4 cm³/mol. The molecule has 0 saturated heterocycles. The highest BCUT2D eigenvalue weighted by Crippen LogP contribution is 2.28. The number of H-pyrrole nitrogens is 1. The van der Waals surface area contributed by atoms with Crippen LogP contribution in [0.5, 0.6) is 0 Å². The number of aromatic nitrogens is 1. The summed E-state index contributed by atoms with van der Waals surface area (Å²) in [6, 6.07) is 5.99. The van der Waals surface area contributed by atoms with Crippen molar-refractivity contribution in [1.29, 1.82) is 0 Å². The van der Waals surface area contributed by atoms with Crippen molar-refractivity contribution in [3.8, 4) is 0 Å². The van der Waals surface area contributed by atoms with Crippen molar-refractivity contribution in [2.45, 2.75) is 27.7 Å². The van der Waals surface area contributed by atoms with Crippen LogP contribution in [0, 0.1) is 27.7 Å². The average molecular weight is 267 g/mol. The number of fused-ring (bicyclic) bond motifs is 1. The summed E-state index contributed by atoms with van der Waals surface area (Å²) in [6.07, 6.45) is 1.79. The van der Waals surface area contributed by atoms with Crippen LogP contribution in [0.15, 0.2) is 28.8 Å². The van der Waals surface area contributed by atoms with E-state index in [2.05, 4.69) is 4.98 Å². The molecule has 1 aromatic carbocycles. The Hall–Kier alpha value is -2.29. The number of carbonyl (C=O) groups is 1. The Morgan fingerprint density at radius 2 is 1.85 bits per heavy atom. The number of hydrogen-bond acceptors (Lipinski definition) is 2. The molecule has 0 aliphatic carbocycles. The number of rotatable bonds is 2. The number of benzene rings is 1. The van der Waals surface area contributed by atoms with E-state index < -0.39 is 0 Å². The highest BCUT2D eigenvalue weighted by atomic mass is 16.3. The monoisotopic (exact) mass is 267 g/mol. The normalized spacial score (nSPS) is 11.2. The van der Waals surface area contributed by atoms with Gasteiger partial charge in [-0.25, -0.2) is 0 Å². The van der Waals surface area contributed by atoms with Crippen LogP contribution >= 0.6 is 0 Å². The third-order valence-corrected chi connectivity index (χ3v) is 3.95. The van der Waals surface area contributed by atoms with Gasteiger partial charge in [-0.1, -0.05) is 12.1 Å². The van der Waals surface area contributed by atoms with Gasteiger partial charge < -0.3 is 9.40 Å². The molecule has 0 aliphatic rings. The molecule has 3 heteroatoms. The van der Waals surface area contributed by atoms with E-state index in [0.717, 1.165) is 27.8 Å². The minimum absolute atomic E-state index is 0.0254. The van der Waals surface area contributed by atoms with E-state index >= 15 is 0 Å². The van der Waals surface area contributed by atoms with E-state index in [9.17, 15) is 4.79 Å². The van der Waals surface area contributed by atoms with Gasteiger partial charge in [-0.3, -0.25) is 4.79 Å². The second kappa shape index (κ2) is 4.37. The van der Waals surface area contributed by atoms with Crippen LogP contribution < -0.4 is 0 Å². The summed E-state index contributed by atoms with van der Waals surface area (Å²) in [5.41, 5.74) is 4.42. The van der Waals surface area contributed by atoms with Gasteiger partial charge in [-0.05, 0) is 39.3 Å². The maximum Gasteiger partial charge on any atom is 0.198 e. The molecule has 3 rings (SSSR count). The smallest absolute Gasteiger partial charge is 0.198 e. The number of nitrogens with one attached hydrogen (secondary N) is 1. The fourth-order valence-electron chi connectivity index (χ4n) is 2.81. The average Bonchev–Trinajstić information content (AvgIpc) is 2.93. The molecular formula is C17H17NO2. The number of carbonyl (C=O) groups excluding carboxylic acids is 1. The van der Waals surface area contributed by atoms with Crippen LogP contribution in [0.25, 0.3) is 10.9 Å². The lowest BCUT2D eigenvalue weighted by molar-refractivity contribution is 0.103. The number of aromatic amines is 1. The maximum absolute atomic E-state index is 12.8. The highest BCUT2D eigenvalue weighted by molar-refractivity contribution is 6.18. The van der Waals surface area contributed by atoms with Crippen LogP contribution in [-0.2, 0) is 0 Å². The van der Waals surface area contributed by atoms with E-state index in [4.69, 9.17) is 4.42 Å². The lowest BCUT2D eigenvalue weighted by atomic mass is 9.97. The second-order valence-corrected chi connectivity index (χ2v) is 5.24. The number of furan rings is 1. The highest BCUT2D eigenvalue weighted by Gasteiger charge is 2.22. The van der Waals surface area contributed by atoms with Gasteiger partial charge in [0.15, 0.2) is 5.78 Å². The van der Waals surface area contributed by atoms with Crippen LogP contribution in [-0.4, -0.2) is 10.8 Å². The first-order valence-corrected chi connectivity index (χ1v) is 6.68. The first-order valence-electron chi connectivity index (χ1n) is 6.68. The molecular weight excluding hydrogens is 250 g/mol. The van der Waals surface area contributed by atoms with Crippen molar-refractivity contribution in [3.63, 3.8) is 0 Å². The Bertz CT molecular complexity index is 821. The SMILES string of the molecule is Cc1oc(C)c(C(=O)c2c[nH]c3cccc(C)c23)c1C. The van der Waals surface area contributed by atoms with Crippen molar-refractivity contribution in [2.24, 2.45) is 0 Å². The maximum atomic E-state index is 12.8. The standard InChI is InChI=1S/C17H17NO2/c1-9-6-5-7-14-15(9)13(8-18-14)17(19)16-10(2)11(3)20-12(16)4/h5-8,18H,1-4H3. The summed E-state index contributed by atoms with van der Waals surface area (Å²) in [7, 11) is 0. The molecule has 0 bridgehead atoms. The van der Waals surface area contributed by atoms with Gasteiger partial charge in [0, 0.05) is 28.2 Å². The Morgan fingerprint density at radius 1 is 1.10 bits per heavy atom. The number of ketones is 1. The van der Waals surface area contributed by atoms with Gasteiger partial charge in [0.05, 0.1) is 5.56 Å². The zero-order valence-corrected chi connectivity index (χ0v) is 12.1. The molecule has 3 aromatic rings. The molecule has 102 valence electrons. The number of hydrogen-bond donors (Lipinski definition) is 1. The second-order valence-electron chi connectivity index (χ2n) is 5.24. The Kier molecular flexibility index (Phi) is 2.78. The Balaban J connectivity index is 2.23. The summed E-state index contributed by atoms with van der Waals surface area (Å²) in [6.45, 7) is 7.68. The first-order chi connectivity index (χ1) is 9.50. The summed E-state index contributed by atoms with van der Waals surface area (Å²) in [4.78, 5) is 16.0. The summed E-state index contributed by atoms with van der Waals surface area (Å²) >= 11 is 0. The zero-order chi connectivity index (χ0) is 14.4. The molecule has 0 spiro atoms. The molecule has 0 atom stereocenters. The van der Waals surface area contributed by atoms with E-state index in [1.165, 1.54) is 0 Å². The zero-order valence-electron chi connectivity index (χ0n) is 12.1. The van der Waals surface area contributed by atoms with E-state index in [0.29, 0.717) is 16.9 Å². The predicted octanol–water partition coefficient (Wildman–Crippen LogP) is 4.23. The molecule has 0 amide bonds. The lowest BCUT2D eigenvalue weighted by Crippen LogP contribution is -2.03. The van der Waals surface area contributed by atoms with Gasteiger partial charge in [0.25, 0.3) is 0 Å². The summed E-state index contributed by atoms with van der Waals surface area (Å²) < 4.78 is 5.58. The van der Waals surface area contributed by atoms with Gasteiger partial charge in [-0.2, -0.15) is 0 Å². The Labute approximate surface area is 117 Å². The minimum Gasteiger partial charge on any atom is -0.466 e. The molecule has 1 N–H and O–H groups in total. The first kappa shape index (κ1) is 12.7. The molecule has 20 heavy (non-hydrogen) atoms. The lowest BCUT2D eigenvalue weighted by Gasteiger charge is -2.02. The molecule has 0 radical (unpaired) electrons. The van der Waals surface area contributed by atoms with Gasteiger partial charge >= 0.3 is 0 Å². The summed E-state index contributed by atoms with van der Waals surface area (Å²) in [5, 5.41) is 0.996. The van der Waals surface area contributed by atoms with E-state index in [1.54, 1.807) is 6.20 Å². The molecule has 2 heterocycles. The fourth-order valence-corrected chi connectivity index (χ4v) is 2.81. The number of aryl methyl sites for hydroxylation is 3. The van der Waals surface area contributed by atoms with Gasteiger partial charge in [0.2, 0.25) is 0 Å². The molecule has 0 aliphatic heterocycles. The van der Waals surface area contributed by atoms with Crippen molar-refractivity contribution in [3.05, 3.63) is 58.2 Å². The third-order valence-electron chi connectivity index (χ3n) is 3.95. The molecule has 0 unspecified atom stereocenters. The Morgan fingerprint density at radius 3 is 2.50 bits per heavy atom. The van der Waals surface area contributed by atoms with Crippen molar-refractivity contribution in [1.82, 2.24) is 4.98 Å². The molecule has 0 fully saturated rings. The summed E-state index contributed by atoms with van der Waals surface area (Å²) in [5.74, 6) is 1.52. The van der Waals surface area contributed by atoms with Crippen LogP contribution in [0.1, 0.15) is 38.6 Å². The van der Waals surface area contributed by atoms with Crippen LogP contribution in [0.3, 0.4) is 0 Å². The van der Waals surface area contributed by atoms with Gasteiger partial charge in [0.1, 0.15) is 11.5 Å². The van der Waals surface area contributed by atoms with Crippen LogP contribution in [0.2, 0.25) is 0 Å². The fraction of sp³-hybridized carbons (Fsp3) is 0.235. The van der Waals surface area contributed by atoms with Crippen LogP contribution in [0.4, 0.5) is 0 Å². The van der Waals surface area contributed by atoms with E-state index in [1.807, 2.05) is 45.9 Å². The molecule has 3 nitrogen and oxygen atoms in total. The van der Waals surface area contributed by atoms with Crippen molar-refractivity contribution in [2.75, 3.05) is 0 Å². The van der Waals surface area contributed by atoms with Gasteiger partial charge in [-0.15, -0.1) is 0 Å². The quantitative estimate of drug-likeness (QED) is 0.706. The minimum atomic E-state index is 0.0254. The van der Waals surface area contributed by atoms with E-state index in [-0.39, 0.29) is 5.78 Å².